The lowest BCUT2D eigenvalue weighted by Crippen LogP contribution is -2.27. The van der Waals surface area contributed by atoms with Gasteiger partial charge in [-0.15, -0.1) is 0 Å². The van der Waals surface area contributed by atoms with Crippen molar-refractivity contribution in [2.24, 2.45) is 0 Å². The average molecular weight is 260 g/mol. The molecule has 4 heteroatoms. The van der Waals surface area contributed by atoms with Gasteiger partial charge in [-0.05, 0) is 61.5 Å². The molecule has 0 aliphatic rings. The summed E-state index contributed by atoms with van der Waals surface area (Å²) in [4.78, 5) is 0. The van der Waals surface area contributed by atoms with Gasteiger partial charge in [0.05, 0.1) is 12.8 Å². The van der Waals surface area contributed by atoms with E-state index in [0.717, 1.165) is 11.4 Å². The number of hydrogen-bond acceptors (Lipinski definition) is 2. The van der Waals surface area contributed by atoms with Crippen molar-refractivity contribution in [3.05, 3.63) is 53.5 Å². The Balaban J connectivity index is 1.90. The lowest BCUT2D eigenvalue weighted by Gasteiger charge is -2.10. The van der Waals surface area contributed by atoms with Crippen LogP contribution in [0.25, 0.3) is 0 Å². The zero-order valence-corrected chi connectivity index (χ0v) is 11.3. The van der Waals surface area contributed by atoms with Crippen LogP contribution in [0, 0.1) is 13.8 Å². The van der Waals surface area contributed by atoms with Crippen molar-refractivity contribution in [1.82, 2.24) is 5.32 Å². The lowest BCUT2D eigenvalue weighted by atomic mass is 10.1. The molecule has 0 spiro atoms. The van der Waals surface area contributed by atoms with Gasteiger partial charge in [0.1, 0.15) is 5.76 Å². The first-order valence-electron chi connectivity index (χ1n) is 5.79. The molecule has 0 saturated heterocycles. The van der Waals surface area contributed by atoms with Crippen molar-refractivity contribution in [2.75, 3.05) is 5.32 Å². The van der Waals surface area contributed by atoms with Gasteiger partial charge < -0.3 is 15.1 Å². The maximum absolute atomic E-state index is 5.23. The van der Waals surface area contributed by atoms with Gasteiger partial charge in [0, 0.05) is 5.69 Å². The van der Waals surface area contributed by atoms with Crippen LogP contribution in [0.4, 0.5) is 5.69 Å². The lowest BCUT2D eigenvalue weighted by molar-refractivity contribution is 0.503. The van der Waals surface area contributed by atoms with E-state index >= 15 is 0 Å². The first kappa shape index (κ1) is 12.6. The van der Waals surface area contributed by atoms with Crippen LogP contribution < -0.4 is 10.6 Å². The van der Waals surface area contributed by atoms with Gasteiger partial charge in [0.2, 0.25) is 0 Å². The summed E-state index contributed by atoms with van der Waals surface area (Å²) in [5.74, 6) is 0.861. The van der Waals surface area contributed by atoms with Crippen molar-refractivity contribution >= 4 is 23.0 Å². The molecule has 2 N–H and O–H groups in total. The molecule has 0 bridgehead atoms. The molecule has 0 saturated carbocycles. The Labute approximate surface area is 112 Å². The summed E-state index contributed by atoms with van der Waals surface area (Å²) in [7, 11) is 0. The largest absolute Gasteiger partial charge is 0.467 e. The first-order chi connectivity index (χ1) is 8.63. The number of benzene rings is 1. The zero-order chi connectivity index (χ0) is 13.0. The van der Waals surface area contributed by atoms with Gasteiger partial charge in [0.15, 0.2) is 5.11 Å². The minimum atomic E-state index is 0.587. The van der Waals surface area contributed by atoms with Crippen molar-refractivity contribution in [2.45, 2.75) is 20.4 Å². The van der Waals surface area contributed by atoms with Gasteiger partial charge in [-0.2, -0.15) is 0 Å². The smallest absolute Gasteiger partial charge is 0.171 e. The average Bonchev–Trinajstić information content (AvgIpc) is 2.77. The SMILES string of the molecule is Cc1cc(C)cc(NC(=S)NCc2ccco2)c1. The minimum Gasteiger partial charge on any atom is -0.467 e. The van der Waals surface area contributed by atoms with E-state index < -0.39 is 0 Å². The fraction of sp³-hybridized carbons (Fsp3) is 0.214. The maximum atomic E-state index is 5.23. The molecule has 1 aromatic carbocycles. The number of thiocarbonyl (C=S) groups is 1. The maximum Gasteiger partial charge on any atom is 0.171 e. The molecule has 0 amide bonds. The monoisotopic (exact) mass is 260 g/mol. The number of rotatable bonds is 3. The van der Waals surface area contributed by atoms with Crippen molar-refractivity contribution in [1.29, 1.82) is 0 Å². The van der Waals surface area contributed by atoms with E-state index in [4.69, 9.17) is 16.6 Å². The molecule has 0 unspecified atom stereocenters. The zero-order valence-electron chi connectivity index (χ0n) is 10.5. The molecule has 2 rings (SSSR count). The van der Waals surface area contributed by atoms with Crippen LogP contribution in [0.15, 0.2) is 41.0 Å². The molecule has 0 aliphatic heterocycles. The second kappa shape index (κ2) is 5.69. The highest BCUT2D eigenvalue weighted by atomic mass is 32.1. The molecule has 1 heterocycles. The highest BCUT2D eigenvalue weighted by molar-refractivity contribution is 7.80. The molecule has 2 aromatic rings. The van der Waals surface area contributed by atoms with E-state index in [2.05, 4.69) is 42.7 Å². The summed E-state index contributed by atoms with van der Waals surface area (Å²) < 4.78 is 5.22. The number of furan rings is 1. The highest BCUT2D eigenvalue weighted by Crippen LogP contribution is 2.13. The summed E-state index contributed by atoms with van der Waals surface area (Å²) in [5, 5.41) is 6.86. The van der Waals surface area contributed by atoms with Crippen LogP contribution >= 0.6 is 12.2 Å². The van der Waals surface area contributed by atoms with Crippen LogP contribution in [0.5, 0.6) is 0 Å². The second-order valence-electron chi connectivity index (χ2n) is 4.26. The Morgan fingerprint density at radius 1 is 1.22 bits per heavy atom. The first-order valence-corrected chi connectivity index (χ1v) is 6.20. The van der Waals surface area contributed by atoms with E-state index in [-0.39, 0.29) is 0 Å². The topological polar surface area (TPSA) is 37.2 Å². The van der Waals surface area contributed by atoms with Crippen LogP contribution in [0.3, 0.4) is 0 Å². The van der Waals surface area contributed by atoms with Crippen molar-refractivity contribution < 1.29 is 4.42 Å². The Bertz CT molecular complexity index is 514. The third-order valence-electron chi connectivity index (χ3n) is 2.48. The van der Waals surface area contributed by atoms with Gasteiger partial charge in [0.25, 0.3) is 0 Å². The molecular weight excluding hydrogens is 244 g/mol. The van der Waals surface area contributed by atoms with Gasteiger partial charge in [-0.1, -0.05) is 6.07 Å². The molecule has 1 aromatic heterocycles. The van der Waals surface area contributed by atoms with Crippen LogP contribution in [0.1, 0.15) is 16.9 Å². The number of hydrogen-bond donors (Lipinski definition) is 2. The third-order valence-corrected chi connectivity index (χ3v) is 2.73. The van der Waals surface area contributed by atoms with Crippen LogP contribution in [-0.2, 0) is 6.54 Å². The summed E-state index contributed by atoms with van der Waals surface area (Å²) in [5.41, 5.74) is 3.43. The Hall–Kier alpha value is -1.81. The van der Waals surface area contributed by atoms with E-state index in [9.17, 15) is 0 Å². The van der Waals surface area contributed by atoms with Crippen LogP contribution in [0.2, 0.25) is 0 Å². The van der Waals surface area contributed by atoms with Crippen molar-refractivity contribution in [3.63, 3.8) is 0 Å². The summed E-state index contributed by atoms with van der Waals surface area (Å²) >= 11 is 5.23. The predicted molar refractivity (Wildman–Crippen MR) is 77.7 cm³/mol. The molecule has 3 nitrogen and oxygen atoms in total. The highest BCUT2D eigenvalue weighted by Gasteiger charge is 2.00. The quantitative estimate of drug-likeness (QED) is 0.830. The van der Waals surface area contributed by atoms with Gasteiger partial charge >= 0.3 is 0 Å². The molecule has 18 heavy (non-hydrogen) atoms. The Morgan fingerprint density at radius 3 is 2.56 bits per heavy atom. The third kappa shape index (κ3) is 3.60. The summed E-state index contributed by atoms with van der Waals surface area (Å²) in [6, 6.07) is 10.0. The predicted octanol–water partition coefficient (Wildman–Crippen LogP) is 3.38. The fourth-order valence-electron chi connectivity index (χ4n) is 1.80. The number of aryl methyl sites for hydroxylation is 2. The van der Waals surface area contributed by atoms with Gasteiger partial charge in [-0.25, -0.2) is 0 Å². The molecule has 0 radical (unpaired) electrons. The Kier molecular flexibility index (Phi) is 3.99. The molecule has 0 fully saturated rings. The van der Waals surface area contributed by atoms with E-state index in [1.165, 1.54) is 11.1 Å². The van der Waals surface area contributed by atoms with Crippen LogP contribution in [-0.4, -0.2) is 5.11 Å². The van der Waals surface area contributed by atoms with E-state index in [1.54, 1.807) is 6.26 Å². The molecule has 0 atom stereocenters. The second-order valence-corrected chi connectivity index (χ2v) is 4.67. The van der Waals surface area contributed by atoms with Crippen molar-refractivity contribution in [3.8, 4) is 0 Å². The summed E-state index contributed by atoms with van der Waals surface area (Å²) in [6.45, 7) is 4.72. The van der Waals surface area contributed by atoms with E-state index in [0.29, 0.717) is 11.7 Å². The molecule has 0 aliphatic carbocycles. The number of anilines is 1. The molecule has 94 valence electrons. The standard InChI is InChI=1S/C14H16N2OS/c1-10-6-11(2)8-12(7-10)16-14(18)15-9-13-4-3-5-17-13/h3-8H,9H2,1-2H3,(H2,15,16,18). The number of nitrogens with one attached hydrogen (secondary N) is 2. The normalized spacial score (nSPS) is 10.1. The molecular formula is C14H16N2OS. The van der Waals surface area contributed by atoms with E-state index in [1.807, 2.05) is 12.1 Å². The fourth-order valence-corrected chi connectivity index (χ4v) is 1.99. The minimum absolute atomic E-state index is 0.587. The van der Waals surface area contributed by atoms with Gasteiger partial charge in [-0.3, -0.25) is 0 Å². The summed E-state index contributed by atoms with van der Waals surface area (Å²) in [6.07, 6.45) is 1.65. The Morgan fingerprint density at radius 2 is 1.94 bits per heavy atom.